The molecule has 1 heterocycles. The molecule has 3 aromatic rings. The van der Waals surface area contributed by atoms with Crippen molar-refractivity contribution >= 4 is 29.6 Å². The molecule has 1 aliphatic rings. The van der Waals surface area contributed by atoms with E-state index in [9.17, 15) is 9.59 Å². The molecular formula is C25H23ClN3O4+. The van der Waals surface area contributed by atoms with Gasteiger partial charge in [0.1, 0.15) is 11.5 Å². The molecule has 0 aliphatic carbocycles. The van der Waals surface area contributed by atoms with Crippen LogP contribution in [0.1, 0.15) is 27.5 Å². The second-order valence-corrected chi connectivity index (χ2v) is 7.90. The standard InChI is InChI=1S/C25H22ClN3O4/c1-32-20-11-3-16(4-12-20)15-29-23(17-7-13-21(33-2)14-8-17)22(25(31)28-29)27-24(30)18-5-9-19(26)10-6-18/h3-15,22-23H,1-2H3,(H-,27,28,30,31)/p+1/b29-15-/t22-,23+/m0/s1. The van der Waals surface area contributed by atoms with Crippen molar-refractivity contribution in [2.24, 2.45) is 0 Å². The predicted octanol–water partition coefficient (Wildman–Crippen LogP) is 3.37. The molecule has 3 aromatic carbocycles. The summed E-state index contributed by atoms with van der Waals surface area (Å²) in [5.41, 5.74) is 4.97. The van der Waals surface area contributed by atoms with Gasteiger partial charge in [-0.15, -0.1) is 10.1 Å². The van der Waals surface area contributed by atoms with Crippen LogP contribution in [-0.4, -0.2) is 43.0 Å². The van der Waals surface area contributed by atoms with Crippen molar-refractivity contribution in [1.82, 2.24) is 10.7 Å². The maximum atomic E-state index is 12.9. The topological polar surface area (TPSA) is 79.7 Å². The van der Waals surface area contributed by atoms with Gasteiger partial charge < -0.3 is 14.8 Å². The van der Waals surface area contributed by atoms with Crippen LogP contribution < -0.4 is 20.2 Å². The van der Waals surface area contributed by atoms with Crippen LogP contribution in [0.4, 0.5) is 0 Å². The third-order valence-corrected chi connectivity index (χ3v) is 5.64. The molecule has 4 rings (SSSR count). The van der Waals surface area contributed by atoms with E-state index in [0.29, 0.717) is 16.3 Å². The van der Waals surface area contributed by atoms with Crippen LogP contribution in [0, 0.1) is 0 Å². The average molecular weight is 465 g/mol. The number of hydrogen-bond acceptors (Lipinski definition) is 4. The Balaban J connectivity index is 1.68. The number of hydrazine groups is 1. The lowest BCUT2D eigenvalue weighted by molar-refractivity contribution is -0.596. The summed E-state index contributed by atoms with van der Waals surface area (Å²) in [7, 11) is 3.20. The molecule has 1 aliphatic heterocycles. The van der Waals surface area contributed by atoms with E-state index in [1.807, 2.05) is 54.7 Å². The highest BCUT2D eigenvalue weighted by molar-refractivity contribution is 6.30. The SMILES string of the molecule is COc1ccc(/C=[N+]2\NC(=O)[C@@H](NC(=O)c3ccc(Cl)cc3)[C@H]2c2ccc(OC)cc2)cc1. The maximum absolute atomic E-state index is 12.9. The van der Waals surface area contributed by atoms with Crippen LogP contribution in [0.15, 0.2) is 72.8 Å². The summed E-state index contributed by atoms with van der Waals surface area (Å²) in [6, 6.07) is 20.0. The fraction of sp³-hybridized carbons (Fsp3) is 0.160. The van der Waals surface area contributed by atoms with Crippen LogP contribution in [-0.2, 0) is 4.79 Å². The summed E-state index contributed by atoms with van der Waals surface area (Å²) in [6.07, 6.45) is 1.82. The molecule has 2 atom stereocenters. The number of halogens is 1. The number of carbonyl (C=O) groups is 2. The Morgan fingerprint density at radius 2 is 1.52 bits per heavy atom. The van der Waals surface area contributed by atoms with Gasteiger partial charge in [0, 0.05) is 21.7 Å². The Hall–Kier alpha value is -3.84. The van der Waals surface area contributed by atoms with Crippen LogP contribution in [0.2, 0.25) is 5.02 Å². The van der Waals surface area contributed by atoms with Gasteiger partial charge in [-0.1, -0.05) is 11.6 Å². The number of nitrogens with zero attached hydrogens (tertiary/aromatic N) is 1. The van der Waals surface area contributed by atoms with Crippen LogP contribution in [0.5, 0.6) is 11.5 Å². The van der Waals surface area contributed by atoms with Crippen molar-refractivity contribution < 1.29 is 23.7 Å². The zero-order chi connectivity index (χ0) is 23.4. The number of amides is 2. The van der Waals surface area contributed by atoms with E-state index < -0.39 is 12.1 Å². The number of ether oxygens (including phenoxy) is 2. The molecule has 1 saturated heterocycles. The molecule has 0 saturated carbocycles. The zero-order valence-corrected chi connectivity index (χ0v) is 18.9. The average Bonchev–Trinajstić information content (AvgIpc) is 3.14. The lowest BCUT2D eigenvalue weighted by Gasteiger charge is -2.15. The van der Waals surface area contributed by atoms with Gasteiger partial charge in [0.25, 0.3) is 5.91 Å². The van der Waals surface area contributed by atoms with Gasteiger partial charge in [-0.25, -0.2) is 0 Å². The van der Waals surface area contributed by atoms with Crippen LogP contribution in [0.3, 0.4) is 0 Å². The quantitative estimate of drug-likeness (QED) is 0.548. The minimum atomic E-state index is -0.823. The van der Waals surface area contributed by atoms with Gasteiger partial charge in [0.2, 0.25) is 12.3 Å². The van der Waals surface area contributed by atoms with E-state index in [4.69, 9.17) is 21.1 Å². The Bertz CT molecular complexity index is 1180. The Kier molecular flexibility index (Phi) is 6.60. The first-order chi connectivity index (χ1) is 16.0. The summed E-state index contributed by atoms with van der Waals surface area (Å²) in [5.74, 6) is 0.750. The summed E-state index contributed by atoms with van der Waals surface area (Å²) < 4.78 is 12.2. The third-order valence-electron chi connectivity index (χ3n) is 5.39. The maximum Gasteiger partial charge on any atom is 0.304 e. The highest BCUT2D eigenvalue weighted by Gasteiger charge is 2.47. The van der Waals surface area contributed by atoms with E-state index in [0.717, 1.165) is 16.9 Å². The number of rotatable bonds is 6. The Morgan fingerprint density at radius 1 is 0.939 bits per heavy atom. The monoisotopic (exact) mass is 464 g/mol. The molecule has 0 radical (unpaired) electrons. The number of methoxy groups -OCH3 is 2. The third kappa shape index (κ3) is 4.99. The lowest BCUT2D eigenvalue weighted by Crippen LogP contribution is -2.42. The fourth-order valence-corrected chi connectivity index (χ4v) is 3.78. The van der Waals surface area contributed by atoms with E-state index in [2.05, 4.69) is 10.7 Å². The fourth-order valence-electron chi connectivity index (χ4n) is 3.66. The molecular weight excluding hydrogens is 442 g/mol. The molecule has 2 amide bonds. The van der Waals surface area contributed by atoms with Gasteiger partial charge in [0.05, 0.1) is 14.2 Å². The van der Waals surface area contributed by atoms with Crippen molar-refractivity contribution in [3.63, 3.8) is 0 Å². The zero-order valence-electron chi connectivity index (χ0n) is 18.1. The van der Waals surface area contributed by atoms with Gasteiger partial charge in [-0.3, -0.25) is 9.59 Å². The van der Waals surface area contributed by atoms with Crippen LogP contribution in [0.25, 0.3) is 0 Å². The highest BCUT2D eigenvalue weighted by Crippen LogP contribution is 2.27. The summed E-state index contributed by atoms with van der Waals surface area (Å²) in [4.78, 5) is 25.8. The molecule has 0 bridgehead atoms. The van der Waals surface area contributed by atoms with E-state index in [1.54, 1.807) is 43.2 Å². The molecule has 2 N–H and O–H groups in total. The number of benzene rings is 3. The number of hydrogen-bond donors (Lipinski definition) is 2. The second-order valence-electron chi connectivity index (χ2n) is 7.46. The number of nitrogens with one attached hydrogen (secondary N) is 2. The molecule has 0 spiro atoms. The van der Waals surface area contributed by atoms with E-state index in [-0.39, 0.29) is 11.8 Å². The first-order valence-corrected chi connectivity index (χ1v) is 10.6. The van der Waals surface area contributed by atoms with E-state index in [1.165, 1.54) is 0 Å². The second kappa shape index (κ2) is 9.75. The van der Waals surface area contributed by atoms with Crippen molar-refractivity contribution in [3.8, 4) is 11.5 Å². The Labute approximate surface area is 196 Å². The van der Waals surface area contributed by atoms with Gasteiger partial charge in [-0.05, 0) is 72.8 Å². The van der Waals surface area contributed by atoms with Crippen LogP contribution >= 0.6 is 11.6 Å². The minimum absolute atomic E-state index is 0.317. The molecule has 0 unspecified atom stereocenters. The van der Waals surface area contributed by atoms with Crippen molar-refractivity contribution in [2.45, 2.75) is 12.1 Å². The largest absolute Gasteiger partial charge is 0.497 e. The number of hydrazone groups is 1. The minimum Gasteiger partial charge on any atom is -0.497 e. The number of carbonyl (C=O) groups excluding carboxylic acids is 2. The molecule has 8 heteroatoms. The first-order valence-electron chi connectivity index (χ1n) is 10.3. The van der Waals surface area contributed by atoms with Crippen molar-refractivity contribution in [2.75, 3.05) is 14.2 Å². The first kappa shape index (κ1) is 22.4. The highest BCUT2D eigenvalue weighted by atomic mass is 35.5. The smallest absolute Gasteiger partial charge is 0.304 e. The molecule has 1 fully saturated rings. The van der Waals surface area contributed by atoms with Crippen molar-refractivity contribution in [3.05, 3.63) is 94.5 Å². The Morgan fingerprint density at radius 3 is 2.09 bits per heavy atom. The van der Waals surface area contributed by atoms with Crippen molar-refractivity contribution in [1.29, 1.82) is 0 Å². The van der Waals surface area contributed by atoms with E-state index >= 15 is 0 Å². The van der Waals surface area contributed by atoms with Gasteiger partial charge in [0.15, 0.2) is 6.04 Å². The summed E-state index contributed by atoms with van der Waals surface area (Å²) >= 11 is 5.93. The lowest BCUT2D eigenvalue weighted by atomic mass is 9.99. The predicted molar refractivity (Wildman–Crippen MR) is 125 cm³/mol. The van der Waals surface area contributed by atoms with Gasteiger partial charge >= 0.3 is 5.91 Å². The molecule has 168 valence electrons. The molecule has 0 aromatic heterocycles. The molecule has 7 nitrogen and oxygen atoms in total. The summed E-state index contributed by atoms with van der Waals surface area (Å²) in [6.45, 7) is 0. The molecule has 33 heavy (non-hydrogen) atoms. The summed E-state index contributed by atoms with van der Waals surface area (Å²) in [5, 5.41) is 3.40. The van der Waals surface area contributed by atoms with Gasteiger partial charge in [-0.2, -0.15) is 0 Å². The normalized spacial score (nSPS) is 18.6.